The number of fused-ring (bicyclic) bond motifs is 2. The van der Waals surface area contributed by atoms with Crippen LogP contribution in [0.2, 0.25) is 0 Å². The summed E-state index contributed by atoms with van der Waals surface area (Å²) in [5.74, 6) is 1.94. The Labute approximate surface area is 288 Å². The van der Waals surface area contributed by atoms with Crippen molar-refractivity contribution in [3.05, 3.63) is 170 Å². The molecule has 0 fully saturated rings. The van der Waals surface area contributed by atoms with E-state index in [4.69, 9.17) is 19.9 Å². The van der Waals surface area contributed by atoms with Crippen LogP contribution in [0.4, 0.5) is 0 Å². The predicted molar refractivity (Wildman–Crippen MR) is 203 cm³/mol. The Morgan fingerprint density at radius 1 is 0.347 bits per heavy atom. The summed E-state index contributed by atoms with van der Waals surface area (Å²) in [5.41, 5.74) is 9.54. The zero-order chi connectivity index (χ0) is 32.6. The Morgan fingerprint density at radius 2 is 0.857 bits per heavy atom. The van der Waals surface area contributed by atoms with E-state index in [0.717, 1.165) is 54.2 Å². The molecule has 0 saturated heterocycles. The Morgan fingerprint density at radius 3 is 1.49 bits per heavy atom. The molecule has 0 aliphatic heterocycles. The lowest BCUT2D eigenvalue weighted by Gasteiger charge is -2.11. The van der Waals surface area contributed by atoms with Gasteiger partial charge in [0.1, 0.15) is 5.01 Å². The maximum atomic E-state index is 5.22. The zero-order valence-electron chi connectivity index (χ0n) is 26.4. The molecule has 0 unspecified atom stereocenters. The highest BCUT2D eigenvalue weighted by atomic mass is 32.1. The van der Waals surface area contributed by atoms with Gasteiger partial charge in [-0.1, -0.05) is 158 Å². The van der Waals surface area contributed by atoms with Gasteiger partial charge in [0.05, 0.1) is 10.2 Å². The summed E-state index contributed by atoms with van der Waals surface area (Å²) in [6.45, 7) is 0. The molecule has 230 valence electrons. The summed E-state index contributed by atoms with van der Waals surface area (Å²) < 4.78 is 1.15. The molecule has 5 heteroatoms. The molecule has 0 radical (unpaired) electrons. The minimum absolute atomic E-state index is 0.640. The maximum Gasteiger partial charge on any atom is 0.164 e. The number of hydrogen-bond acceptors (Lipinski definition) is 5. The molecule has 9 rings (SSSR count). The van der Waals surface area contributed by atoms with Crippen LogP contribution in [0.1, 0.15) is 0 Å². The van der Waals surface area contributed by atoms with E-state index < -0.39 is 0 Å². The monoisotopic (exact) mass is 644 g/mol. The Bertz CT molecular complexity index is 2520. The number of thiazole rings is 1. The molecule has 0 amide bonds. The van der Waals surface area contributed by atoms with Crippen LogP contribution in [0.15, 0.2) is 170 Å². The van der Waals surface area contributed by atoms with Gasteiger partial charge in [0.2, 0.25) is 0 Å². The highest BCUT2D eigenvalue weighted by Crippen LogP contribution is 2.41. The van der Waals surface area contributed by atoms with Crippen LogP contribution in [0.5, 0.6) is 0 Å². The van der Waals surface area contributed by atoms with Gasteiger partial charge in [-0.25, -0.2) is 19.9 Å². The number of aromatic nitrogens is 4. The van der Waals surface area contributed by atoms with E-state index in [1.807, 2.05) is 66.7 Å². The lowest BCUT2D eigenvalue weighted by molar-refractivity contribution is 1.07. The topological polar surface area (TPSA) is 51.6 Å². The van der Waals surface area contributed by atoms with Gasteiger partial charge in [0.15, 0.2) is 17.5 Å². The Balaban J connectivity index is 1.17. The second-order valence-electron chi connectivity index (χ2n) is 11.9. The van der Waals surface area contributed by atoms with Gasteiger partial charge in [0, 0.05) is 27.8 Å². The van der Waals surface area contributed by atoms with Crippen molar-refractivity contribution in [3.63, 3.8) is 0 Å². The van der Waals surface area contributed by atoms with Crippen LogP contribution in [-0.4, -0.2) is 19.9 Å². The number of benzene rings is 7. The van der Waals surface area contributed by atoms with Gasteiger partial charge in [0.25, 0.3) is 0 Å². The average Bonchev–Trinajstić information content (AvgIpc) is 3.63. The minimum Gasteiger partial charge on any atom is -0.235 e. The van der Waals surface area contributed by atoms with Gasteiger partial charge in [-0.15, -0.1) is 11.3 Å². The molecule has 49 heavy (non-hydrogen) atoms. The Kier molecular flexibility index (Phi) is 7.30. The molecule has 0 N–H and O–H groups in total. The van der Waals surface area contributed by atoms with Gasteiger partial charge in [-0.05, 0) is 39.6 Å². The molecule has 0 aliphatic carbocycles. The molecule has 0 atom stereocenters. The number of nitrogens with zero attached hydrogens (tertiary/aromatic N) is 4. The summed E-state index contributed by atoms with van der Waals surface area (Å²) in [4.78, 5) is 19.9. The van der Waals surface area contributed by atoms with Crippen LogP contribution < -0.4 is 0 Å². The van der Waals surface area contributed by atoms with E-state index in [1.54, 1.807) is 11.3 Å². The molecular formula is C44H28N4S. The van der Waals surface area contributed by atoms with Crippen LogP contribution in [0.25, 0.3) is 88.0 Å². The van der Waals surface area contributed by atoms with Gasteiger partial charge < -0.3 is 0 Å². The van der Waals surface area contributed by atoms with E-state index in [2.05, 4.69) is 103 Å². The molecule has 0 spiro atoms. The Hall–Kier alpha value is -6.30. The summed E-state index contributed by atoms with van der Waals surface area (Å²) >= 11 is 1.73. The molecule has 7 aromatic carbocycles. The first kappa shape index (κ1) is 28.9. The van der Waals surface area contributed by atoms with Gasteiger partial charge >= 0.3 is 0 Å². The molecule has 4 nitrogen and oxygen atoms in total. The van der Waals surface area contributed by atoms with E-state index in [9.17, 15) is 0 Å². The highest BCUT2D eigenvalue weighted by Gasteiger charge is 2.17. The number of rotatable bonds is 6. The van der Waals surface area contributed by atoms with E-state index in [0.29, 0.717) is 17.5 Å². The fourth-order valence-corrected chi connectivity index (χ4v) is 7.35. The van der Waals surface area contributed by atoms with Crippen molar-refractivity contribution in [2.45, 2.75) is 0 Å². The fraction of sp³-hybridized carbons (Fsp3) is 0. The van der Waals surface area contributed by atoms with Crippen LogP contribution >= 0.6 is 11.3 Å². The smallest absolute Gasteiger partial charge is 0.164 e. The van der Waals surface area contributed by atoms with Crippen molar-refractivity contribution in [1.82, 2.24) is 19.9 Å². The van der Waals surface area contributed by atoms with Crippen molar-refractivity contribution in [3.8, 4) is 67.0 Å². The summed E-state index contributed by atoms with van der Waals surface area (Å²) in [5, 5.41) is 3.44. The van der Waals surface area contributed by atoms with E-state index in [-0.39, 0.29) is 0 Å². The van der Waals surface area contributed by atoms with Crippen molar-refractivity contribution in [1.29, 1.82) is 0 Å². The van der Waals surface area contributed by atoms with E-state index in [1.165, 1.54) is 16.3 Å². The van der Waals surface area contributed by atoms with Crippen LogP contribution in [-0.2, 0) is 0 Å². The largest absolute Gasteiger partial charge is 0.235 e. The standard InChI is InChI=1S/C44H28N4S/c1-4-14-31(15-5-1)41-46-42(32-16-6-2-7-17-32)48-43(47-41)33-25-23-29(24-26-33)35-27-38(37-22-12-20-30-13-10-11-21-36(30)37)40-39(28-35)49-44(45-40)34-18-8-3-9-19-34/h1-28H. The highest BCUT2D eigenvalue weighted by molar-refractivity contribution is 7.21. The third-order valence-corrected chi connectivity index (χ3v) is 9.82. The third kappa shape index (κ3) is 5.56. The summed E-state index contributed by atoms with van der Waals surface area (Å²) in [7, 11) is 0. The fourth-order valence-electron chi connectivity index (χ4n) is 6.32. The lowest BCUT2D eigenvalue weighted by Crippen LogP contribution is -2.00. The van der Waals surface area contributed by atoms with Crippen LogP contribution in [0.3, 0.4) is 0 Å². The van der Waals surface area contributed by atoms with Crippen molar-refractivity contribution >= 4 is 32.3 Å². The van der Waals surface area contributed by atoms with Crippen molar-refractivity contribution in [2.24, 2.45) is 0 Å². The quantitative estimate of drug-likeness (QED) is 0.181. The first-order valence-electron chi connectivity index (χ1n) is 16.2. The molecule has 9 aromatic rings. The SMILES string of the molecule is c1ccc(-c2nc(-c3ccccc3)nc(-c3ccc(-c4cc(-c5cccc6ccccc56)c5nc(-c6ccccc6)sc5c4)cc3)n2)cc1. The van der Waals surface area contributed by atoms with Gasteiger partial charge in [-0.3, -0.25) is 0 Å². The molecule has 2 aromatic heterocycles. The minimum atomic E-state index is 0.640. The summed E-state index contributed by atoms with van der Waals surface area (Å²) in [6.07, 6.45) is 0. The number of hydrogen-bond donors (Lipinski definition) is 0. The maximum absolute atomic E-state index is 5.22. The third-order valence-electron chi connectivity index (χ3n) is 8.77. The molecule has 0 saturated carbocycles. The molecule has 2 heterocycles. The molecule has 0 aliphatic rings. The zero-order valence-corrected chi connectivity index (χ0v) is 27.2. The summed E-state index contributed by atoms with van der Waals surface area (Å²) in [6, 6.07) is 58.8. The second kappa shape index (κ2) is 12.4. The average molecular weight is 645 g/mol. The van der Waals surface area contributed by atoms with Crippen LogP contribution in [0, 0.1) is 0 Å². The first-order valence-corrected chi connectivity index (χ1v) is 17.0. The normalized spacial score (nSPS) is 11.3. The van der Waals surface area contributed by atoms with Gasteiger partial charge in [-0.2, -0.15) is 0 Å². The van der Waals surface area contributed by atoms with Crippen molar-refractivity contribution < 1.29 is 0 Å². The lowest BCUT2D eigenvalue weighted by atomic mass is 9.94. The molecule has 0 bridgehead atoms. The van der Waals surface area contributed by atoms with Crippen molar-refractivity contribution in [2.75, 3.05) is 0 Å². The molecular weight excluding hydrogens is 617 g/mol. The first-order chi connectivity index (χ1) is 24.3. The second-order valence-corrected chi connectivity index (χ2v) is 12.9. The van der Waals surface area contributed by atoms with E-state index >= 15 is 0 Å². The predicted octanol–water partition coefficient (Wildman–Crippen LogP) is 11.6.